The normalized spacial score (nSPS) is 11.5. The van der Waals surface area contributed by atoms with Crippen LogP contribution in [0.5, 0.6) is 0 Å². The summed E-state index contributed by atoms with van der Waals surface area (Å²) in [6, 6.07) is 22.3. The van der Waals surface area contributed by atoms with Crippen LogP contribution in [0.3, 0.4) is 0 Å². The van der Waals surface area contributed by atoms with Gasteiger partial charge in [0.15, 0.2) is 0 Å². The molecule has 3 aromatic carbocycles. The van der Waals surface area contributed by atoms with E-state index in [9.17, 15) is 0 Å². The van der Waals surface area contributed by atoms with E-state index in [-0.39, 0.29) is 0 Å². The molecule has 0 aliphatic rings. The molecule has 0 atom stereocenters. The number of hydrogen-bond acceptors (Lipinski definition) is 3. The van der Waals surface area contributed by atoms with Crippen LogP contribution in [0.1, 0.15) is 5.56 Å². The molecule has 0 saturated heterocycles. The third kappa shape index (κ3) is 2.31. The quantitative estimate of drug-likeness (QED) is 0.439. The van der Waals surface area contributed by atoms with Gasteiger partial charge in [0.1, 0.15) is 0 Å². The van der Waals surface area contributed by atoms with Gasteiger partial charge in [-0.1, -0.05) is 54.6 Å². The van der Waals surface area contributed by atoms with E-state index in [1.54, 1.807) is 0 Å². The first-order chi connectivity index (χ1) is 10.9. The zero-order chi connectivity index (χ0) is 14.8. The van der Waals surface area contributed by atoms with E-state index in [1.165, 1.54) is 10.8 Å². The molecule has 0 aliphatic heterocycles. The average Bonchev–Trinajstić information content (AvgIpc) is 2.98. The third-order valence-electron chi connectivity index (χ3n) is 3.59. The van der Waals surface area contributed by atoms with Crippen molar-refractivity contribution < 1.29 is 0 Å². The van der Waals surface area contributed by atoms with Crippen molar-refractivity contribution in [1.29, 1.82) is 0 Å². The molecule has 0 saturated carbocycles. The monoisotopic (exact) mass is 286 g/mol. The van der Waals surface area contributed by atoms with Gasteiger partial charge in [0.2, 0.25) is 5.95 Å². The summed E-state index contributed by atoms with van der Waals surface area (Å²) < 4.78 is 0. The summed E-state index contributed by atoms with van der Waals surface area (Å²) in [4.78, 5) is 7.61. The van der Waals surface area contributed by atoms with Crippen LogP contribution >= 0.6 is 0 Å². The molecule has 0 aliphatic carbocycles. The number of fused-ring (bicyclic) bond motifs is 2. The highest BCUT2D eigenvalue weighted by Gasteiger charge is 2.00. The molecular weight excluding hydrogens is 272 g/mol. The summed E-state index contributed by atoms with van der Waals surface area (Å²) in [5, 5.41) is 6.67. The number of anilines is 1. The van der Waals surface area contributed by atoms with Crippen molar-refractivity contribution in [1.82, 2.24) is 9.97 Å². The third-order valence-corrected chi connectivity index (χ3v) is 3.59. The van der Waals surface area contributed by atoms with E-state index in [4.69, 9.17) is 0 Å². The van der Waals surface area contributed by atoms with Gasteiger partial charge in [-0.05, 0) is 22.9 Å². The van der Waals surface area contributed by atoms with E-state index in [0.717, 1.165) is 16.6 Å². The van der Waals surface area contributed by atoms with Crippen molar-refractivity contribution in [2.75, 3.05) is 5.43 Å². The Balaban J connectivity index is 1.61. The van der Waals surface area contributed by atoms with Crippen molar-refractivity contribution in [3.63, 3.8) is 0 Å². The largest absolute Gasteiger partial charge is 0.323 e. The van der Waals surface area contributed by atoms with E-state index in [2.05, 4.69) is 38.7 Å². The molecule has 4 aromatic rings. The molecule has 106 valence electrons. The number of hydrogen-bond donors (Lipinski definition) is 2. The number of rotatable bonds is 3. The number of para-hydroxylation sites is 2. The van der Waals surface area contributed by atoms with Crippen LogP contribution in [0, 0.1) is 0 Å². The summed E-state index contributed by atoms with van der Waals surface area (Å²) in [5.74, 6) is 0.637. The van der Waals surface area contributed by atoms with Gasteiger partial charge in [0.05, 0.1) is 17.2 Å². The van der Waals surface area contributed by atoms with Gasteiger partial charge in [-0.3, -0.25) is 0 Å². The van der Waals surface area contributed by atoms with Crippen molar-refractivity contribution >= 4 is 34.0 Å². The zero-order valence-corrected chi connectivity index (χ0v) is 11.8. The Morgan fingerprint density at radius 2 is 1.73 bits per heavy atom. The van der Waals surface area contributed by atoms with E-state index in [1.807, 2.05) is 54.7 Å². The number of hydrazone groups is 1. The maximum absolute atomic E-state index is 4.43. The van der Waals surface area contributed by atoms with Gasteiger partial charge in [0, 0.05) is 5.56 Å². The second kappa shape index (κ2) is 5.33. The van der Waals surface area contributed by atoms with Crippen LogP contribution in [-0.4, -0.2) is 16.2 Å². The van der Waals surface area contributed by atoms with Gasteiger partial charge < -0.3 is 4.98 Å². The first-order valence-electron chi connectivity index (χ1n) is 7.12. The minimum Gasteiger partial charge on any atom is -0.323 e. The Hall–Kier alpha value is -3.14. The predicted molar refractivity (Wildman–Crippen MR) is 91.3 cm³/mol. The molecule has 4 heteroatoms. The van der Waals surface area contributed by atoms with Crippen LogP contribution in [0.2, 0.25) is 0 Å². The van der Waals surface area contributed by atoms with Gasteiger partial charge in [-0.25, -0.2) is 10.4 Å². The van der Waals surface area contributed by atoms with Crippen molar-refractivity contribution in [2.24, 2.45) is 5.10 Å². The number of aromatic nitrogens is 2. The molecule has 0 unspecified atom stereocenters. The molecular formula is C18H14N4. The van der Waals surface area contributed by atoms with Crippen LogP contribution < -0.4 is 5.43 Å². The Bertz CT molecular complexity index is 931. The maximum Gasteiger partial charge on any atom is 0.222 e. The van der Waals surface area contributed by atoms with Crippen LogP contribution in [0.15, 0.2) is 71.8 Å². The first kappa shape index (κ1) is 12.6. The second-order valence-electron chi connectivity index (χ2n) is 5.04. The highest BCUT2D eigenvalue weighted by molar-refractivity contribution is 5.99. The first-order valence-corrected chi connectivity index (χ1v) is 7.12. The molecule has 0 spiro atoms. The summed E-state index contributed by atoms with van der Waals surface area (Å²) >= 11 is 0. The fraction of sp³-hybridized carbons (Fsp3) is 0. The number of imidazole rings is 1. The zero-order valence-electron chi connectivity index (χ0n) is 11.8. The molecule has 1 heterocycles. The minimum atomic E-state index is 0.637. The summed E-state index contributed by atoms with van der Waals surface area (Å²) in [5.41, 5.74) is 5.93. The van der Waals surface area contributed by atoms with Gasteiger partial charge in [0.25, 0.3) is 0 Å². The molecule has 22 heavy (non-hydrogen) atoms. The van der Waals surface area contributed by atoms with Crippen molar-refractivity contribution in [3.05, 3.63) is 72.3 Å². The van der Waals surface area contributed by atoms with E-state index < -0.39 is 0 Å². The molecule has 4 nitrogen and oxygen atoms in total. The topological polar surface area (TPSA) is 53.1 Å². The van der Waals surface area contributed by atoms with Gasteiger partial charge in [-0.15, -0.1) is 0 Å². The summed E-state index contributed by atoms with van der Waals surface area (Å²) in [6.07, 6.45) is 1.82. The maximum atomic E-state index is 4.43. The lowest BCUT2D eigenvalue weighted by Gasteiger charge is -2.01. The minimum absolute atomic E-state index is 0.637. The van der Waals surface area contributed by atoms with Gasteiger partial charge in [-0.2, -0.15) is 5.10 Å². The number of H-pyrrole nitrogens is 1. The fourth-order valence-corrected chi connectivity index (χ4v) is 2.53. The highest BCUT2D eigenvalue weighted by Crippen LogP contribution is 2.17. The number of benzene rings is 3. The lowest BCUT2D eigenvalue weighted by atomic mass is 10.1. The van der Waals surface area contributed by atoms with Crippen LogP contribution in [0.25, 0.3) is 21.8 Å². The predicted octanol–water partition coefficient (Wildman–Crippen LogP) is 4.16. The lowest BCUT2D eigenvalue weighted by molar-refractivity contribution is 1.22. The highest BCUT2D eigenvalue weighted by atomic mass is 15.3. The number of nitrogens with zero attached hydrogens (tertiary/aromatic N) is 2. The smallest absolute Gasteiger partial charge is 0.222 e. The van der Waals surface area contributed by atoms with E-state index in [0.29, 0.717) is 5.95 Å². The Kier molecular flexibility index (Phi) is 3.05. The standard InChI is InChI=1S/C18H14N4/c1-2-9-15-13(6-1)7-5-8-14(15)12-19-22-18-20-16-10-3-4-11-17(16)21-18/h1-12H,(H2,20,21,22)/b19-12-. The average molecular weight is 286 g/mol. The van der Waals surface area contributed by atoms with Crippen molar-refractivity contribution in [2.45, 2.75) is 0 Å². The van der Waals surface area contributed by atoms with E-state index >= 15 is 0 Å². The van der Waals surface area contributed by atoms with Crippen molar-refractivity contribution in [3.8, 4) is 0 Å². The second-order valence-corrected chi connectivity index (χ2v) is 5.04. The Morgan fingerprint density at radius 3 is 2.68 bits per heavy atom. The molecule has 0 radical (unpaired) electrons. The number of aromatic amines is 1. The molecule has 0 fully saturated rings. The Morgan fingerprint density at radius 1 is 0.909 bits per heavy atom. The molecule has 0 amide bonds. The Labute approximate surface area is 127 Å². The van der Waals surface area contributed by atoms with Crippen LogP contribution in [-0.2, 0) is 0 Å². The summed E-state index contributed by atoms with van der Waals surface area (Å²) in [7, 11) is 0. The molecule has 2 N–H and O–H groups in total. The summed E-state index contributed by atoms with van der Waals surface area (Å²) in [6.45, 7) is 0. The molecule has 1 aromatic heterocycles. The van der Waals surface area contributed by atoms with Gasteiger partial charge >= 0.3 is 0 Å². The molecule has 4 rings (SSSR count). The SMILES string of the molecule is C(=N/Nc1nc2ccccc2[nH]1)/c1cccc2ccccc12. The fourth-order valence-electron chi connectivity index (χ4n) is 2.53. The lowest BCUT2D eigenvalue weighted by Crippen LogP contribution is -1.92. The van der Waals surface area contributed by atoms with Crippen LogP contribution in [0.4, 0.5) is 5.95 Å². The number of nitrogens with one attached hydrogen (secondary N) is 2. The molecule has 0 bridgehead atoms.